The quantitative estimate of drug-likeness (QED) is 0.560. The van der Waals surface area contributed by atoms with Crippen LogP contribution in [0.2, 0.25) is 0 Å². The molecule has 0 aromatic heterocycles. The Morgan fingerprint density at radius 3 is 2.55 bits per heavy atom. The average Bonchev–Trinajstić information content (AvgIpc) is 2.13. The fraction of sp³-hybridized carbons (Fsp3) is 0.200. The summed E-state index contributed by atoms with van der Waals surface area (Å²) >= 11 is 0. The summed E-state index contributed by atoms with van der Waals surface area (Å²) in [6, 6.07) is 0. The molecule has 0 fully saturated rings. The van der Waals surface area contributed by atoms with Crippen molar-refractivity contribution in [2.45, 2.75) is 13.8 Å². The Morgan fingerprint density at radius 1 is 1.18 bits per heavy atom. The zero-order chi connectivity index (χ0) is 8.27. The molecule has 0 amide bonds. The molecule has 11 heavy (non-hydrogen) atoms. The van der Waals surface area contributed by atoms with Crippen LogP contribution in [-0.2, 0) is 0 Å². The number of rotatable bonds is 0. The van der Waals surface area contributed by atoms with Crippen LogP contribution in [0.4, 0.5) is 0 Å². The summed E-state index contributed by atoms with van der Waals surface area (Å²) in [5.74, 6) is 0.303. The molecule has 1 N–H and O–H groups in total. The van der Waals surface area contributed by atoms with Crippen LogP contribution in [0.3, 0.4) is 0 Å². The first-order valence-corrected chi connectivity index (χ1v) is 3.63. The van der Waals surface area contributed by atoms with Crippen LogP contribution in [0.1, 0.15) is 13.8 Å². The van der Waals surface area contributed by atoms with Crippen LogP contribution < -0.4 is 0 Å². The second kappa shape index (κ2) is 3.24. The van der Waals surface area contributed by atoms with Gasteiger partial charge in [0.05, 0.1) is 0 Å². The molecule has 1 nitrogen and oxygen atoms in total. The largest absolute Gasteiger partial charge is 0.508 e. The van der Waals surface area contributed by atoms with Crippen LogP contribution in [-0.4, -0.2) is 5.11 Å². The highest BCUT2D eigenvalue weighted by Gasteiger charge is 1.93. The number of hydrogen-bond donors (Lipinski definition) is 1. The molecule has 1 aliphatic rings. The van der Waals surface area contributed by atoms with Crippen molar-refractivity contribution < 1.29 is 5.11 Å². The van der Waals surface area contributed by atoms with Crippen LogP contribution in [0, 0.1) is 0 Å². The predicted octanol–water partition coefficient (Wildman–Crippen LogP) is 2.89. The Hall–Kier alpha value is -1.24. The van der Waals surface area contributed by atoms with Gasteiger partial charge in [-0.05, 0) is 31.6 Å². The number of aliphatic hydroxyl groups is 1. The third kappa shape index (κ3) is 2.11. The lowest BCUT2D eigenvalue weighted by Crippen LogP contribution is -1.75. The standard InChI is InChI=1S/C10H12O/c1-8(2)9-4-3-5-10(11)7-6-9/h3-7,11H,1-2H3. The minimum Gasteiger partial charge on any atom is -0.508 e. The Kier molecular flexibility index (Phi) is 2.32. The fourth-order valence-corrected chi connectivity index (χ4v) is 0.870. The summed E-state index contributed by atoms with van der Waals surface area (Å²) in [4.78, 5) is 0. The maximum absolute atomic E-state index is 9.09. The molecule has 0 radical (unpaired) electrons. The summed E-state index contributed by atoms with van der Waals surface area (Å²) in [5, 5.41) is 9.09. The van der Waals surface area contributed by atoms with Crippen molar-refractivity contribution in [2.75, 3.05) is 0 Å². The zero-order valence-electron chi connectivity index (χ0n) is 6.83. The predicted molar refractivity (Wildman–Crippen MR) is 47.4 cm³/mol. The molecule has 0 saturated carbocycles. The van der Waals surface area contributed by atoms with Gasteiger partial charge in [-0.1, -0.05) is 23.8 Å². The molecular weight excluding hydrogens is 136 g/mol. The maximum atomic E-state index is 9.09. The van der Waals surface area contributed by atoms with Crippen LogP contribution in [0.25, 0.3) is 0 Å². The van der Waals surface area contributed by atoms with E-state index in [2.05, 4.69) is 0 Å². The Balaban J connectivity index is 2.97. The molecule has 1 rings (SSSR count). The Bertz CT molecular complexity index is 261. The van der Waals surface area contributed by atoms with Crippen molar-refractivity contribution in [2.24, 2.45) is 0 Å². The topological polar surface area (TPSA) is 20.2 Å². The Labute approximate surface area is 67.1 Å². The van der Waals surface area contributed by atoms with E-state index in [1.807, 2.05) is 32.1 Å². The van der Waals surface area contributed by atoms with E-state index in [-0.39, 0.29) is 0 Å². The highest BCUT2D eigenvalue weighted by molar-refractivity contribution is 5.41. The average molecular weight is 148 g/mol. The SMILES string of the molecule is CC(C)=C1C=CC=C(O)C=C1. The number of allylic oxidation sites excluding steroid dienone is 7. The van der Waals surface area contributed by atoms with Gasteiger partial charge in [-0.2, -0.15) is 0 Å². The Morgan fingerprint density at radius 2 is 1.91 bits per heavy atom. The monoisotopic (exact) mass is 148 g/mol. The lowest BCUT2D eigenvalue weighted by atomic mass is 10.1. The fourth-order valence-electron chi connectivity index (χ4n) is 0.870. The van der Waals surface area contributed by atoms with E-state index in [9.17, 15) is 0 Å². The van der Waals surface area contributed by atoms with Gasteiger partial charge in [-0.3, -0.25) is 0 Å². The molecule has 0 aliphatic heterocycles. The molecule has 58 valence electrons. The molecule has 1 heteroatoms. The normalized spacial score (nSPS) is 16.2. The van der Waals surface area contributed by atoms with Crippen molar-refractivity contribution in [3.63, 3.8) is 0 Å². The molecule has 0 heterocycles. The first kappa shape index (κ1) is 7.86. The number of aliphatic hydroxyl groups excluding tert-OH is 1. The van der Waals surface area contributed by atoms with Gasteiger partial charge < -0.3 is 5.11 Å². The van der Waals surface area contributed by atoms with Gasteiger partial charge >= 0.3 is 0 Å². The lowest BCUT2D eigenvalue weighted by molar-refractivity contribution is 0.433. The summed E-state index contributed by atoms with van der Waals surface area (Å²) < 4.78 is 0. The lowest BCUT2D eigenvalue weighted by Gasteiger charge is -1.94. The second-order valence-corrected chi connectivity index (χ2v) is 2.74. The maximum Gasteiger partial charge on any atom is 0.115 e. The number of hydrogen-bond acceptors (Lipinski definition) is 1. The molecule has 0 bridgehead atoms. The molecule has 0 unspecified atom stereocenters. The molecule has 0 aromatic rings. The van der Waals surface area contributed by atoms with E-state index in [4.69, 9.17) is 5.11 Å². The van der Waals surface area contributed by atoms with E-state index < -0.39 is 0 Å². The van der Waals surface area contributed by atoms with Gasteiger partial charge in [0, 0.05) is 0 Å². The third-order valence-electron chi connectivity index (χ3n) is 1.55. The summed E-state index contributed by atoms with van der Waals surface area (Å²) in [5.41, 5.74) is 2.41. The zero-order valence-corrected chi connectivity index (χ0v) is 6.83. The van der Waals surface area contributed by atoms with Crippen LogP contribution in [0.5, 0.6) is 0 Å². The van der Waals surface area contributed by atoms with Gasteiger partial charge in [0.2, 0.25) is 0 Å². The van der Waals surface area contributed by atoms with Gasteiger partial charge in [0.15, 0.2) is 0 Å². The summed E-state index contributed by atoms with van der Waals surface area (Å²) in [6.45, 7) is 4.10. The van der Waals surface area contributed by atoms with Crippen molar-refractivity contribution in [3.05, 3.63) is 47.3 Å². The summed E-state index contributed by atoms with van der Waals surface area (Å²) in [7, 11) is 0. The molecular formula is C10H12O. The molecule has 0 atom stereocenters. The molecule has 0 saturated heterocycles. The summed E-state index contributed by atoms with van der Waals surface area (Å²) in [6.07, 6.45) is 9.10. The van der Waals surface area contributed by atoms with Gasteiger partial charge in [0.25, 0.3) is 0 Å². The van der Waals surface area contributed by atoms with Crippen LogP contribution in [0.15, 0.2) is 47.3 Å². The second-order valence-electron chi connectivity index (χ2n) is 2.74. The van der Waals surface area contributed by atoms with E-state index >= 15 is 0 Å². The third-order valence-corrected chi connectivity index (χ3v) is 1.55. The molecule has 1 aliphatic carbocycles. The van der Waals surface area contributed by atoms with Crippen molar-refractivity contribution in [1.29, 1.82) is 0 Å². The molecule has 0 aromatic carbocycles. The smallest absolute Gasteiger partial charge is 0.115 e. The van der Waals surface area contributed by atoms with Crippen molar-refractivity contribution in [3.8, 4) is 0 Å². The van der Waals surface area contributed by atoms with Crippen LogP contribution >= 0.6 is 0 Å². The van der Waals surface area contributed by atoms with Gasteiger partial charge in [-0.25, -0.2) is 0 Å². The van der Waals surface area contributed by atoms with Gasteiger partial charge in [-0.15, -0.1) is 0 Å². The highest BCUT2D eigenvalue weighted by Crippen LogP contribution is 2.11. The van der Waals surface area contributed by atoms with E-state index in [0.29, 0.717) is 5.76 Å². The van der Waals surface area contributed by atoms with Crippen molar-refractivity contribution in [1.82, 2.24) is 0 Å². The molecule has 0 spiro atoms. The van der Waals surface area contributed by atoms with E-state index in [1.54, 1.807) is 12.2 Å². The minimum absolute atomic E-state index is 0.303. The minimum atomic E-state index is 0.303. The van der Waals surface area contributed by atoms with Gasteiger partial charge in [0.1, 0.15) is 5.76 Å². The first-order valence-electron chi connectivity index (χ1n) is 3.63. The highest BCUT2D eigenvalue weighted by atomic mass is 16.3. The van der Waals surface area contributed by atoms with Crippen molar-refractivity contribution >= 4 is 0 Å². The van der Waals surface area contributed by atoms with E-state index in [0.717, 1.165) is 5.57 Å². The van der Waals surface area contributed by atoms with E-state index in [1.165, 1.54) is 5.57 Å². The first-order chi connectivity index (χ1) is 5.20.